The number of nitrogens with zero attached hydrogens (tertiary/aromatic N) is 6. The van der Waals surface area contributed by atoms with E-state index < -0.39 is 39.1 Å². The topological polar surface area (TPSA) is 130 Å². The summed E-state index contributed by atoms with van der Waals surface area (Å²) in [6.07, 6.45) is 2.88. The molecule has 0 saturated carbocycles. The molecule has 1 aromatic carbocycles. The van der Waals surface area contributed by atoms with Crippen LogP contribution in [0.1, 0.15) is 43.4 Å². The fourth-order valence-electron chi connectivity index (χ4n) is 7.68. The summed E-state index contributed by atoms with van der Waals surface area (Å²) in [4.78, 5) is 16.8. The molecule has 4 atom stereocenters. The Hall–Kier alpha value is -3.21. The normalized spacial score (nSPS) is 29.5. The van der Waals surface area contributed by atoms with Crippen molar-refractivity contribution in [3.63, 3.8) is 0 Å². The number of rotatable bonds is 5. The maximum absolute atomic E-state index is 16.8. The maximum Gasteiger partial charge on any atom is 0.319 e. The lowest BCUT2D eigenvalue weighted by Gasteiger charge is -2.37. The third-order valence-electron chi connectivity index (χ3n) is 9.69. The van der Waals surface area contributed by atoms with Crippen molar-refractivity contribution in [1.82, 2.24) is 29.5 Å². The third kappa shape index (κ3) is 4.20. The summed E-state index contributed by atoms with van der Waals surface area (Å²) in [5, 5.41) is 3.58. The summed E-state index contributed by atoms with van der Waals surface area (Å²) in [7, 11) is -3.16. The number of piperazine rings is 1. The molecule has 16 heteroatoms. The van der Waals surface area contributed by atoms with Crippen LogP contribution in [0.15, 0.2) is 17.0 Å². The molecule has 234 valence electrons. The molecule has 2 aromatic heterocycles. The largest absolute Gasteiger partial charge is 0.461 e. The van der Waals surface area contributed by atoms with Gasteiger partial charge in [-0.15, -0.1) is 0 Å². The smallest absolute Gasteiger partial charge is 0.319 e. The van der Waals surface area contributed by atoms with E-state index in [-0.39, 0.29) is 62.0 Å². The van der Waals surface area contributed by atoms with E-state index in [2.05, 4.69) is 25.2 Å². The average molecular weight is 649 g/mol. The van der Waals surface area contributed by atoms with E-state index in [9.17, 15) is 17.2 Å². The molecule has 3 N–H and O–H groups in total. The van der Waals surface area contributed by atoms with Crippen molar-refractivity contribution in [2.75, 3.05) is 50.5 Å². The first-order valence-corrected chi connectivity index (χ1v) is 17.0. The number of hydrogen-bond acceptors (Lipinski definition) is 11. The van der Waals surface area contributed by atoms with Gasteiger partial charge >= 0.3 is 6.01 Å². The van der Waals surface area contributed by atoms with Crippen LogP contribution >= 0.6 is 11.3 Å². The monoisotopic (exact) mass is 648 g/mol. The van der Waals surface area contributed by atoms with Gasteiger partial charge in [-0.3, -0.25) is 9.21 Å². The molecule has 4 fully saturated rings. The van der Waals surface area contributed by atoms with E-state index in [1.807, 2.05) is 4.90 Å². The molecule has 8 rings (SSSR count). The van der Waals surface area contributed by atoms with Gasteiger partial charge in [-0.25, -0.2) is 26.6 Å². The highest BCUT2D eigenvalue weighted by Gasteiger charge is 2.50. The van der Waals surface area contributed by atoms with Gasteiger partial charge < -0.3 is 20.7 Å². The van der Waals surface area contributed by atoms with Gasteiger partial charge in [0.1, 0.15) is 24.3 Å². The van der Waals surface area contributed by atoms with E-state index >= 15 is 4.39 Å². The summed E-state index contributed by atoms with van der Waals surface area (Å²) in [6, 6.07) is 2.52. The number of anilines is 2. The Balaban J connectivity index is 1.29. The average Bonchev–Trinajstić information content (AvgIpc) is 3.73. The number of nitrogen functional groups attached to an aromatic ring is 1. The third-order valence-corrected chi connectivity index (χ3v) is 12.4. The molecule has 0 spiro atoms. The number of halogens is 3. The SMILES string of the molecule is CN1C(c2ccc(F)c3sc(N)nc23)=C(F)c2nc(OC[C@@]34CCCN3C[C@H](F)C4)nc(N3CC4CCC(C3)N4)c2S1(=O)=O. The van der Waals surface area contributed by atoms with E-state index in [1.165, 1.54) is 13.1 Å². The van der Waals surface area contributed by atoms with Crippen LogP contribution in [0, 0.1) is 5.82 Å². The molecule has 4 saturated heterocycles. The van der Waals surface area contributed by atoms with Gasteiger partial charge in [0, 0.05) is 50.7 Å². The van der Waals surface area contributed by atoms with E-state index in [0.29, 0.717) is 26.1 Å². The molecular formula is C28H31F3N8O3S2. The lowest BCUT2D eigenvalue weighted by atomic mass is 9.95. The Bertz CT molecular complexity index is 1830. The van der Waals surface area contributed by atoms with Gasteiger partial charge in [0.2, 0.25) is 0 Å². The van der Waals surface area contributed by atoms with E-state index in [1.54, 1.807) is 0 Å². The lowest BCUT2D eigenvalue weighted by Crippen LogP contribution is -2.52. The van der Waals surface area contributed by atoms with Crippen LogP contribution in [-0.2, 0) is 10.0 Å². The highest BCUT2D eigenvalue weighted by molar-refractivity contribution is 7.89. The summed E-state index contributed by atoms with van der Waals surface area (Å²) in [6.45, 7) is 2.16. The number of hydrogen-bond donors (Lipinski definition) is 2. The van der Waals surface area contributed by atoms with E-state index in [4.69, 9.17) is 10.5 Å². The van der Waals surface area contributed by atoms with Gasteiger partial charge in [-0.2, -0.15) is 9.97 Å². The van der Waals surface area contributed by atoms with Crippen LogP contribution in [-0.4, -0.2) is 96.2 Å². The number of nitrogens with one attached hydrogen (secondary N) is 1. The first kappa shape index (κ1) is 28.3. The van der Waals surface area contributed by atoms with E-state index in [0.717, 1.165) is 53.9 Å². The second-order valence-corrected chi connectivity index (χ2v) is 15.3. The molecule has 44 heavy (non-hydrogen) atoms. The molecule has 5 aliphatic rings. The van der Waals surface area contributed by atoms with Crippen molar-refractivity contribution in [3.05, 3.63) is 29.2 Å². The first-order valence-electron chi connectivity index (χ1n) is 14.7. The van der Waals surface area contributed by atoms with Crippen molar-refractivity contribution in [3.8, 4) is 6.01 Å². The van der Waals surface area contributed by atoms with Crippen molar-refractivity contribution in [1.29, 1.82) is 0 Å². The Morgan fingerprint density at radius 1 is 1.16 bits per heavy atom. The Labute approximate surface area is 255 Å². The Morgan fingerprint density at radius 3 is 2.70 bits per heavy atom. The number of thiazole rings is 1. The lowest BCUT2D eigenvalue weighted by molar-refractivity contribution is 0.107. The minimum Gasteiger partial charge on any atom is -0.461 e. The molecule has 2 unspecified atom stereocenters. The molecule has 3 aromatic rings. The molecule has 0 aliphatic carbocycles. The molecule has 0 radical (unpaired) electrons. The number of alkyl halides is 1. The first-order chi connectivity index (χ1) is 21.0. The fraction of sp³-hybridized carbons (Fsp3) is 0.536. The van der Waals surface area contributed by atoms with Gasteiger partial charge in [-0.05, 0) is 44.4 Å². The second-order valence-electron chi connectivity index (χ2n) is 12.4. The highest BCUT2D eigenvalue weighted by atomic mass is 32.2. The quantitative estimate of drug-likeness (QED) is 0.426. The minimum absolute atomic E-state index is 0.0509. The van der Waals surface area contributed by atoms with Crippen molar-refractivity contribution < 1.29 is 26.3 Å². The number of sulfonamides is 1. The molecule has 11 nitrogen and oxygen atoms in total. The van der Waals surface area contributed by atoms with Gasteiger partial charge in [0.25, 0.3) is 10.0 Å². The number of fused-ring (bicyclic) bond motifs is 5. The van der Waals surface area contributed by atoms with Crippen LogP contribution in [0.4, 0.5) is 24.1 Å². The Kier molecular flexibility index (Phi) is 6.36. The number of ether oxygens (including phenoxy) is 1. The summed E-state index contributed by atoms with van der Waals surface area (Å²) in [5.74, 6) is -1.46. The zero-order chi connectivity index (χ0) is 30.5. The van der Waals surface area contributed by atoms with Crippen LogP contribution in [0.5, 0.6) is 6.01 Å². The zero-order valence-corrected chi connectivity index (χ0v) is 25.5. The predicted octanol–water partition coefficient (Wildman–Crippen LogP) is 3.13. The molecule has 2 bridgehead atoms. The molecule has 5 aliphatic heterocycles. The second kappa shape index (κ2) is 9.89. The van der Waals surface area contributed by atoms with Gasteiger partial charge in [0.15, 0.2) is 21.7 Å². The van der Waals surface area contributed by atoms with Crippen LogP contribution in [0.3, 0.4) is 0 Å². The van der Waals surface area contributed by atoms with Gasteiger partial charge in [-0.1, -0.05) is 11.3 Å². The summed E-state index contributed by atoms with van der Waals surface area (Å²) in [5.41, 5.74) is 4.70. The predicted molar refractivity (Wildman–Crippen MR) is 160 cm³/mol. The van der Waals surface area contributed by atoms with Crippen LogP contribution in [0.2, 0.25) is 0 Å². The van der Waals surface area contributed by atoms with Crippen LogP contribution in [0.25, 0.3) is 21.7 Å². The van der Waals surface area contributed by atoms with Gasteiger partial charge in [0.05, 0.1) is 21.5 Å². The molecular weight excluding hydrogens is 617 g/mol. The minimum atomic E-state index is -4.40. The number of benzene rings is 1. The maximum atomic E-state index is 16.8. The van der Waals surface area contributed by atoms with Crippen LogP contribution < -0.4 is 20.7 Å². The highest BCUT2D eigenvalue weighted by Crippen LogP contribution is 2.47. The summed E-state index contributed by atoms with van der Waals surface area (Å²) < 4.78 is 81.5. The van der Waals surface area contributed by atoms with Crippen molar-refractivity contribution in [2.45, 2.75) is 60.8 Å². The standard InChI is InChI=1S/C28H31F3N8O3S2/c1-37-22(17-5-6-18(30)23-20(17)34-26(32)43-23)19(31)21-24(44(37,40)41)25(38-11-15-3-4-16(12-38)33-15)36-27(35-21)42-13-28-7-2-8-39(28)10-14(29)9-28/h5-6,14-16,33H,2-4,7-13H2,1H3,(H2,32,34)/t14-,15?,16?,28+/m1/s1. The van der Waals surface area contributed by atoms with Crippen molar-refractivity contribution >= 4 is 54.1 Å². The number of nitrogens with two attached hydrogens (primary N) is 1. The Morgan fingerprint density at radius 2 is 1.93 bits per heavy atom. The fourth-order valence-corrected chi connectivity index (χ4v) is 9.92. The summed E-state index contributed by atoms with van der Waals surface area (Å²) >= 11 is 0.890. The number of aromatic nitrogens is 3. The zero-order valence-electron chi connectivity index (χ0n) is 23.9. The molecule has 0 amide bonds. The van der Waals surface area contributed by atoms with Crippen molar-refractivity contribution in [2.24, 2.45) is 0 Å². The molecule has 7 heterocycles.